The van der Waals surface area contributed by atoms with Gasteiger partial charge in [-0.05, 0) is 45.7 Å². The first-order chi connectivity index (χ1) is 25.9. The van der Waals surface area contributed by atoms with Gasteiger partial charge in [0.1, 0.15) is 12.4 Å². The minimum absolute atomic E-state index is 0.161. The van der Waals surface area contributed by atoms with E-state index in [4.69, 9.17) is 18.1 Å². The molecular weight excluding hydrogens is 754 g/mol. The smallest absolute Gasteiger partial charge is 0.405 e. The van der Waals surface area contributed by atoms with Crippen molar-refractivity contribution in [2.45, 2.75) is 88.9 Å². The summed E-state index contributed by atoms with van der Waals surface area (Å²) >= 11 is 0. The van der Waals surface area contributed by atoms with Crippen LogP contribution in [0.25, 0.3) is 11.2 Å². The van der Waals surface area contributed by atoms with E-state index in [0.717, 1.165) is 10.4 Å². The van der Waals surface area contributed by atoms with Crippen LogP contribution in [0.2, 0.25) is 23.2 Å². The summed E-state index contributed by atoms with van der Waals surface area (Å²) in [5.74, 6) is -2.71. The van der Waals surface area contributed by atoms with Gasteiger partial charge in [0.05, 0.1) is 12.9 Å². The predicted molar refractivity (Wildman–Crippen MR) is 215 cm³/mol. The van der Waals surface area contributed by atoms with Gasteiger partial charge in [0.15, 0.2) is 37.6 Å². The standard InChI is InChI=1S/C39H48N5O8PSi2/c1-37(2,3)54(7,8)51-32-36(44-26-42-31-33(40-25-41-34(31)44)43-35(45)27-18-12-9-13-19-27)50-30(39(32,46)52-53(47)48)24-49-55(38(4,5)6,28-20-14-10-15-21-28)29-22-16-11-17-23-29/h9-23,25-26,30,32,36,46H,24H2,1-8H3,(H-,40,41,43,45,47,48)/p+1/t30-,32+,36-,39-/m1/s1. The zero-order valence-corrected chi connectivity index (χ0v) is 35.2. The molecule has 16 heteroatoms. The van der Waals surface area contributed by atoms with Crippen molar-refractivity contribution in [3.05, 3.63) is 109 Å². The summed E-state index contributed by atoms with van der Waals surface area (Å²) in [6.07, 6.45) is -1.14. The molecule has 13 nitrogen and oxygen atoms in total. The Morgan fingerprint density at radius 2 is 1.45 bits per heavy atom. The molecule has 5 atom stereocenters. The molecule has 0 radical (unpaired) electrons. The molecule has 55 heavy (non-hydrogen) atoms. The van der Waals surface area contributed by atoms with Crippen molar-refractivity contribution in [2.75, 3.05) is 11.9 Å². The van der Waals surface area contributed by atoms with E-state index in [1.54, 1.807) is 28.8 Å². The zero-order chi connectivity index (χ0) is 39.8. The lowest BCUT2D eigenvalue weighted by atomic mass is 10.1. The Morgan fingerprint density at radius 1 is 0.891 bits per heavy atom. The fourth-order valence-corrected chi connectivity index (χ4v) is 13.1. The number of carbonyl (C=O) groups excluding carboxylic acids is 1. The third kappa shape index (κ3) is 7.86. The molecule has 1 aliphatic heterocycles. The molecule has 1 saturated heterocycles. The second kappa shape index (κ2) is 15.5. The Hall–Kier alpha value is -4.03. The predicted octanol–water partition coefficient (Wildman–Crippen LogP) is 6.30. The number of hydrogen-bond donors (Lipinski definition) is 3. The van der Waals surface area contributed by atoms with Crippen LogP contribution in [-0.4, -0.2) is 76.7 Å². The Bertz CT molecular complexity index is 2090. The number of nitrogens with zero attached hydrogens (tertiary/aromatic N) is 4. The summed E-state index contributed by atoms with van der Waals surface area (Å²) in [6.45, 7) is 16.3. The third-order valence-corrected chi connectivity index (χ3v) is 20.6. The highest BCUT2D eigenvalue weighted by atomic mass is 31.1. The second-order valence-electron chi connectivity index (χ2n) is 16.2. The van der Waals surface area contributed by atoms with Crippen LogP contribution in [0.15, 0.2) is 104 Å². The van der Waals surface area contributed by atoms with Gasteiger partial charge in [-0.2, -0.15) is 0 Å². The van der Waals surface area contributed by atoms with E-state index in [2.05, 4.69) is 41.0 Å². The number of imidazole rings is 1. The van der Waals surface area contributed by atoms with Crippen molar-refractivity contribution >= 4 is 58.2 Å². The van der Waals surface area contributed by atoms with E-state index in [1.165, 1.54) is 12.7 Å². The average Bonchev–Trinajstić information content (AvgIpc) is 3.67. The molecule has 290 valence electrons. The number of hydrogen-bond acceptors (Lipinski definition) is 10. The molecule has 0 bridgehead atoms. The van der Waals surface area contributed by atoms with E-state index in [9.17, 15) is 19.4 Å². The normalized spacial score (nSPS) is 21.1. The fraction of sp³-hybridized carbons (Fsp3) is 0.385. The lowest BCUT2D eigenvalue weighted by molar-refractivity contribution is -0.212. The summed E-state index contributed by atoms with van der Waals surface area (Å²) in [4.78, 5) is 36.8. The Balaban J connectivity index is 1.46. The third-order valence-electron chi connectivity index (χ3n) is 10.7. The van der Waals surface area contributed by atoms with Crippen LogP contribution < -0.4 is 15.7 Å². The van der Waals surface area contributed by atoms with Crippen LogP contribution in [0, 0.1) is 0 Å². The van der Waals surface area contributed by atoms with Crippen molar-refractivity contribution < 1.29 is 37.5 Å². The van der Waals surface area contributed by atoms with E-state index >= 15 is 0 Å². The minimum Gasteiger partial charge on any atom is -0.405 e. The van der Waals surface area contributed by atoms with E-state index in [-0.39, 0.29) is 34.5 Å². The van der Waals surface area contributed by atoms with Gasteiger partial charge in [-0.25, -0.2) is 15.0 Å². The number of rotatable bonds is 12. The Morgan fingerprint density at radius 3 is 1.98 bits per heavy atom. The number of aromatic nitrogens is 4. The van der Waals surface area contributed by atoms with E-state index in [0.29, 0.717) is 5.56 Å². The van der Waals surface area contributed by atoms with Crippen LogP contribution in [0.3, 0.4) is 0 Å². The molecule has 0 spiro atoms. The summed E-state index contributed by atoms with van der Waals surface area (Å²) in [5, 5.41) is 16.7. The number of amides is 1. The molecule has 1 unspecified atom stereocenters. The van der Waals surface area contributed by atoms with Gasteiger partial charge in [-0.1, -0.05) is 125 Å². The molecule has 6 rings (SSSR count). The van der Waals surface area contributed by atoms with Crippen molar-refractivity contribution in [1.82, 2.24) is 19.5 Å². The number of carbonyl (C=O) groups is 1. The average molecular weight is 803 g/mol. The van der Waals surface area contributed by atoms with E-state index in [1.807, 2.05) is 101 Å². The van der Waals surface area contributed by atoms with Crippen LogP contribution in [0.1, 0.15) is 58.1 Å². The first-order valence-corrected chi connectivity index (χ1v) is 24.0. The van der Waals surface area contributed by atoms with E-state index < -0.39 is 54.2 Å². The number of anilines is 1. The molecule has 0 aliphatic carbocycles. The molecular formula is C39H49N5O8PSi2+. The summed E-state index contributed by atoms with van der Waals surface area (Å²) in [6, 6.07) is 28.7. The number of nitrogens with one attached hydrogen (secondary N) is 1. The number of benzene rings is 3. The topological polar surface area (TPSA) is 167 Å². The highest BCUT2D eigenvalue weighted by Crippen LogP contribution is 2.49. The highest BCUT2D eigenvalue weighted by molar-refractivity contribution is 7.32. The first-order valence-electron chi connectivity index (χ1n) is 18.1. The highest BCUT2D eigenvalue weighted by Gasteiger charge is 2.66. The Labute approximate surface area is 324 Å². The lowest BCUT2D eigenvalue weighted by Crippen LogP contribution is -2.67. The first kappa shape index (κ1) is 40.6. The van der Waals surface area contributed by atoms with Gasteiger partial charge in [-0.15, -0.1) is 4.89 Å². The quantitative estimate of drug-likeness (QED) is 0.0737. The van der Waals surface area contributed by atoms with Gasteiger partial charge in [0, 0.05) is 10.1 Å². The molecule has 3 aromatic carbocycles. The second-order valence-corrected chi connectivity index (χ2v) is 26.0. The van der Waals surface area contributed by atoms with Crippen LogP contribution >= 0.6 is 8.25 Å². The van der Waals surface area contributed by atoms with Crippen molar-refractivity contribution in [3.63, 3.8) is 0 Å². The van der Waals surface area contributed by atoms with Crippen molar-refractivity contribution in [3.8, 4) is 0 Å². The summed E-state index contributed by atoms with van der Waals surface area (Å²) < 4.78 is 40.6. The van der Waals surface area contributed by atoms with Crippen LogP contribution in [0.5, 0.6) is 0 Å². The van der Waals surface area contributed by atoms with Gasteiger partial charge in [0.25, 0.3) is 20.0 Å². The largest absolute Gasteiger partial charge is 0.697 e. The molecule has 3 N–H and O–H groups in total. The summed E-state index contributed by atoms with van der Waals surface area (Å²) in [7, 11) is -9.34. The van der Waals surface area contributed by atoms with Crippen molar-refractivity contribution in [1.29, 1.82) is 0 Å². The number of ether oxygens (including phenoxy) is 1. The van der Waals surface area contributed by atoms with Crippen LogP contribution in [-0.2, 0) is 22.7 Å². The van der Waals surface area contributed by atoms with Gasteiger partial charge >= 0.3 is 8.25 Å². The lowest BCUT2D eigenvalue weighted by Gasteiger charge is -2.44. The minimum atomic E-state index is -3.37. The van der Waals surface area contributed by atoms with Gasteiger partial charge < -0.3 is 24.0 Å². The maximum Gasteiger partial charge on any atom is 0.697 e. The molecule has 5 aromatic rings. The van der Waals surface area contributed by atoms with Crippen LogP contribution in [0.4, 0.5) is 5.82 Å². The maximum absolute atomic E-state index is 13.1. The zero-order valence-electron chi connectivity index (χ0n) is 32.3. The molecule has 1 aliphatic rings. The fourth-order valence-electron chi connectivity index (χ4n) is 6.83. The molecule has 1 fully saturated rings. The monoisotopic (exact) mass is 802 g/mol. The Kier molecular flexibility index (Phi) is 11.4. The number of aliphatic hydroxyl groups is 1. The number of fused-ring (bicyclic) bond motifs is 1. The molecule has 2 aromatic heterocycles. The van der Waals surface area contributed by atoms with Gasteiger partial charge in [0.2, 0.25) is 0 Å². The SMILES string of the molecule is CC(C)(C)[Si](C)(C)O[C@H]1[C@H](n2cnc3c(NC(=O)c4ccccc4)ncnc32)O[C@H](CO[Si](c2ccccc2)(c2ccccc2)C(C)(C)C)[C@@]1(O)O[P+](=O)O. The van der Waals surface area contributed by atoms with Crippen molar-refractivity contribution in [2.24, 2.45) is 0 Å². The van der Waals surface area contributed by atoms with Gasteiger partial charge in [-0.3, -0.25) is 9.36 Å². The molecule has 0 saturated carbocycles. The molecule has 3 heterocycles. The summed E-state index contributed by atoms with van der Waals surface area (Å²) in [5.41, 5.74) is 0.947. The molecule has 1 amide bonds. The maximum atomic E-state index is 13.1.